The van der Waals surface area contributed by atoms with Gasteiger partial charge in [0.1, 0.15) is 0 Å². The fourth-order valence-electron chi connectivity index (χ4n) is 1.59. The van der Waals surface area contributed by atoms with Gasteiger partial charge in [-0.2, -0.15) is 0 Å². The number of nitrogens with zero attached hydrogens (tertiary/aromatic N) is 1. The number of benzene rings is 1. The Kier molecular flexibility index (Phi) is 4.95. The molecule has 0 aliphatic carbocycles. The molecule has 0 bridgehead atoms. The number of aliphatic hydroxyl groups excluding tert-OH is 1. The van der Waals surface area contributed by atoms with Crippen molar-refractivity contribution < 1.29 is 9.90 Å². The SMILES string of the molecule is Cc1ccc(C(=O)N(C)C)cc1NCC(C)(C)CO. The third-order valence-electron chi connectivity index (χ3n) is 3.08. The molecule has 0 unspecified atom stereocenters. The number of nitrogens with one attached hydrogen (secondary N) is 1. The lowest BCUT2D eigenvalue weighted by molar-refractivity contribution is 0.0827. The minimum absolute atomic E-state index is 0.00975. The van der Waals surface area contributed by atoms with Crippen LogP contribution in [0.3, 0.4) is 0 Å². The summed E-state index contributed by atoms with van der Waals surface area (Å²) in [7, 11) is 3.48. The van der Waals surface area contributed by atoms with E-state index in [9.17, 15) is 9.90 Å². The predicted molar refractivity (Wildman–Crippen MR) is 78.6 cm³/mol. The number of hydrogen-bond donors (Lipinski definition) is 2. The Hall–Kier alpha value is -1.55. The van der Waals surface area contributed by atoms with Gasteiger partial charge in [0.2, 0.25) is 0 Å². The van der Waals surface area contributed by atoms with E-state index >= 15 is 0 Å². The second kappa shape index (κ2) is 6.06. The van der Waals surface area contributed by atoms with Crippen molar-refractivity contribution in [3.8, 4) is 0 Å². The Labute approximate surface area is 115 Å². The average Bonchev–Trinajstić information content (AvgIpc) is 2.37. The second-order valence-electron chi connectivity index (χ2n) is 5.91. The quantitative estimate of drug-likeness (QED) is 0.856. The van der Waals surface area contributed by atoms with Gasteiger partial charge in [0.15, 0.2) is 0 Å². The zero-order chi connectivity index (χ0) is 14.6. The van der Waals surface area contributed by atoms with Crippen molar-refractivity contribution in [1.29, 1.82) is 0 Å². The molecule has 0 saturated heterocycles. The highest BCUT2D eigenvalue weighted by Gasteiger charge is 2.17. The standard InChI is InChI=1S/C15H24N2O2/c1-11-6-7-12(14(19)17(4)5)8-13(11)16-9-15(2,3)10-18/h6-8,16,18H,9-10H2,1-5H3. The molecule has 2 N–H and O–H groups in total. The van der Waals surface area contributed by atoms with Crippen molar-refractivity contribution >= 4 is 11.6 Å². The number of aryl methyl sites for hydroxylation is 1. The molecular formula is C15H24N2O2. The molecule has 4 heteroatoms. The molecule has 4 nitrogen and oxygen atoms in total. The highest BCUT2D eigenvalue weighted by molar-refractivity contribution is 5.95. The van der Waals surface area contributed by atoms with E-state index in [1.165, 1.54) is 0 Å². The number of hydrogen-bond acceptors (Lipinski definition) is 3. The Morgan fingerprint density at radius 2 is 2.00 bits per heavy atom. The summed E-state index contributed by atoms with van der Waals surface area (Å²) in [5.74, 6) is -0.00975. The molecule has 0 atom stereocenters. The first-order chi connectivity index (χ1) is 8.76. The van der Waals surface area contributed by atoms with Crippen molar-refractivity contribution in [3.63, 3.8) is 0 Å². The molecule has 1 rings (SSSR count). The Morgan fingerprint density at radius 1 is 1.37 bits per heavy atom. The van der Waals surface area contributed by atoms with Crippen LogP contribution in [-0.2, 0) is 0 Å². The summed E-state index contributed by atoms with van der Waals surface area (Å²) in [5, 5.41) is 12.6. The van der Waals surface area contributed by atoms with Gasteiger partial charge in [-0.3, -0.25) is 4.79 Å². The smallest absolute Gasteiger partial charge is 0.253 e. The van der Waals surface area contributed by atoms with Gasteiger partial charge < -0.3 is 15.3 Å². The van der Waals surface area contributed by atoms with Crippen LogP contribution in [0.1, 0.15) is 29.8 Å². The molecule has 0 fully saturated rings. The number of aliphatic hydroxyl groups is 1. The van der Waals surface area contributed by atoms with Gasteiger partial charge in [0.25, 0.3) is 5.91 Å². The van der Waals surface area contributed by atoms with E-state index in [2.05, 4.69) is 5.32 Å². The zero-order valence-electron chi connectivity index (χ0n) is 12.4. The molecule has 0 radical (unpaired) electrons. The predicted octanol–water partition coefficient (Wildman–Crippen LogP) is 2.13. The van der Waals surface area contributed by atoms with Gasteiger partial charge in [-0.25, -0.2) is 0 Å². The number of carbonyl (C=O) groups is 1. The molecule has 19 heavy (non-hydrogen) atoms. The monoisotopic (exact) mass is 264 g/mol. The lowest BCUT2D eigenvalue weighted by atomic mass is 9.94. The molecule has 106 valence electrons. The first-order valence-electron chi connectivity index (χ1n) is 6.44. The van der Waals surface area contributed by atoms with Crippen molar-refractivity contribution in [2.24, 2.45) is 5.41 Å². The molecular weight excluding hydrogens is 240 g/mol. The summed E-state index contributed by atoms with van der Waals surface area (Å²) in [5.41, 5.74) is 2.51. The van der Waals surface area contributed by atoms with Crippen LogP contribution in [-0.4, -0.2) is 43.2 Å². The molecule has 0 spiro atoms. The lowest BCUT2D eigenvalue weighted by Crippen LogP contribution is -2.27. The van der Waals surface area contributed by atoms with E-state index in [4.69, 9.17) is 0 Å². The maximum atomic E-state index is 11.9. The minimum atomic E-state index is -0.187. The number of carbonyl (C=O) groups excluding carboxylic acids is 1. The molecule has 0 aliphatic heterocycles. The summed E-state index contributed by atoms with van der Waals surface area (Å²) in [6.45, 7) is 6.76. The number of anilines is 1. The van der Waals surface area contributed by atoms with Crippen LogP contribution in [0.4, 0.5) is 5.69 Å². The minimum Gasteiger partial charge on any atom is -0.396 e. The van der Waals surface area contributed by atoms with E-state index < -0.39 is 0 Å². The topological polar surface area (TPSA) is 52.6 Å². The Bertz CT molecular complexity index is 453. The lowest BCUT2D eigenvalue weighted by Gasteiger charge is -2.23. The third kappa shape index (κ3) is 4.24. The summed E-state index contributed by atoms with van der Waals surface area (Å²) in [6.07, 6.45) is 0. The molecule has 1 aromatic rings. The van der Waals surface area contributed by atoms with Crippen LogP contribution < -0.4 is 5.32 Å². The highest BCUT2D eigenvalue weighted by atomic mass is 16.3. The van der Waals surface area contributed by atoms with Gasteiger partial charge in [0.05, 0.1) is 0 Å². The van der Waals surface area contributed by atoms with Gasteiger partial charge in [0, 0.05) is 43.9 Å². The fraction of sp³-hybridized carbons (Fsp3) is 0.533. The Balaban J connectivity index is 2.89. The molecule has 0 heterocycles. The molecule has 0 saturated carbocycles. The van der Waals surface area contributed by atoms with Crippen molar-refractivity contribution in [3.05, 3.63) is 29.3 Å². The second-order valence-corrected chi connectivity index (χ2v) is 5.91. The van der Waals surface area contributed by atoms with Crippen LogP contribution in [0.2, 0.25) is 0 Å². The highest BCUT2D eigenvalue weighted by Crippen LogP contribution is 2.21. The molecule has 0 aliphatic rings. The first-order valence-corrected chi connectivity index (χ1v) is 6.44. The summed E-state index contributed by atoms with van der Waals surface area (Å²) in [6, 6.07) is 5.64. The Morgan fingerprint density at radius 3 is 2.53 bits per heavy atom. The van der Waals surface area contributed by atoms with Crippen LogP contribution in [0.25, 0.3) is 0 Å². The van der Waals surface area contributed by atoms with Crippen molar-refractivity contribution in [2.45, 2.75) is 20.8 Å². The maximum absolute atomic E-state index is 11.9. The van der Waals surface area contributed by atoms with E-state index in [1.54, 1.807) is 19.0 Å². The third-order valence-corrected chi connectivity index (χ3v) is 3.08. The van der Waals surface area contributed by atoms with E-state index in [0.29, 0.717) is 12.1 Å². The largest absolute Gasteiger partial charge is 0.396 e. The summed E-state index contributed by atoms with van der Waals surface area (Å²) < 4.78 is 0. The summed E-state index contributed by atoms with van der Waals surface area (Å²) in [4.78, 5) is 13.5. The number of amides is 1. The average molecular weight is 264 g/mol. The van der Waals surface area contributed by atoms with Crippen LogP contribution in [0, 0.1) is 12.3 Å². The van der Waals surface area contributed by atoms with Crippen LogP contribution in [0.15, 0.2) is 18.2 Å². The normalized spacial score (nSPS) is 11.3. The maximum Gasteiger partial charge on any atom is 0.253 e. The van der Waals surface area contributed by atoms with Gasteiger partial charge in [-0.15, -0.1) is 0 Å². The molecule has 1 aromatic carbocycles. The fourth-order valence-corrected chi connectivity index (χ4v) is 1.59. The van der Waals surface area contributed by atoms with E-state index in [-0.39, 0.29) is 17.9 Å². The van der Waals surface area contributed by atoms with E-state index in [1.807, 2.05) is 39.0 Å². The summed E-state index contributed by atoms with van der Waals surface area (Å²) >= 11 is 0. The molecule has 1 amide bonds. The van der Waals surface area contributed by atoms with Gasteiger partial charge >= 0.3 is 0 Å². The number of rotatable bonds is 5. The van der Waals surface area contributed by atoms with Crippen LogP contribution >= 0.6 is 0 Å². The zero-order valence-corrected chi connectivity index (χ0v) is 12.4. The van der Waals surface area contributed by atoms with Gasteiger partial charge in [-0.05, 0) is 24.6 Å². The molecule has 0 aromatic heterocycles. The van der Waals surface area contributed by atoms with Crippen molar-refractivity contribution in [2.75, 3.05) is 32.6 Å². The van der Waals surface area contributed by atoms with Crippen molar-refractivity contribution in [1.82, 2.24) is 4.90 Å². The first kappa shape index (κ1) is 15.5. The van der Waals surface area contributed by atoms with Gasteiger partial charge in [-0.1, -0.05) is 19.9 Å². The van der Waals surface area contributed by atoms with Crippen LogP contribution in [0.5, 0.6) is 0 Å². The van der Waals surface area contributed by atoms with E-state index in [0.717, 1.165) is 11.3 Å².